The third-order valence-corrected chi connectivity index (χ3v) is 4.77. The monoisotopic (exact) mass is 388 g/mol. The first-order chi connectivity index (χ1) is 13.4. The summed E-state index contributed by atoms with van der Waals surface area (Å²) < 4.78 is 44.9. The summed E-state index contributed by atoms with van der Waals surface area (Å²) in [7, 11) is 0. The lowest BCUT2D eigenvalue weighted by molar-refractivity contribution is -0.137. The van der Waals surface area contributed by atoms with Gasteiger partial charge in [-0.25, -0.2) is 0 Å². The van der Waals surface area contributed by atoms with Gasteiger partial charge in [0.1, 0.15) is 5.75 Å². The van der Waals surface area contributed by atoms with E-state index in [1.807, 2.05) is 6.07 Å². The molecule has 0 aliphatic heterocycles. The Balaban J connectivity index is 1.56. The topological polar surface area (TPSA) is 62.1 Å². The third-order valence-electron chi connectivity index (χ3n) is 4.77. The molecule has 1 amide bonds. The molecule has 0 spiro atoms. The highest BCUT2D eigenvalue weighted by Gasteiger charge is 2.34. The lowest BCUT2D eigenvalue weighted by Crippen LogP contribution is -2.39. The van der Waals surface area contributed by atoms with Crippen LogP contribution in [-0.4, -0.2) is 18.1 Å². The van der Waals surface area contributed by atoms with E-state index in [2.05, 4.69) is 5.32 Å². The van der Waals surface area contributed by atoms with Gasteiger partial charge in [0, 0.05) is 11.6 Å². The number of nitrogens with one attached hydrogen (secondary N) is 1. The van der Waals surface area contributed by atoms with Crippen LogP contribution in [0.4, 0.5) is 13.2 Å². The molecule has 0 bridgehead atoms. The van der Waals surface area contributed by atoms with E-state index in [1.165, 1.54) is 6.07 Å². The van der Waals surface area contributed by atoms with E-state index in [0.717, 1.165) is 12.1 Å². The number of ether oxygens (including phenoxy) is 1. The zero-order valence-electron chi connectivity index (χ0n) is 15.0. The Labute approximate surface area is 160 Å². The molecular weight excluding hydrogens is 369 g/mol. The number of nitriles is 1. The van der Waals surface area contributed by atoms with Crippen molar-refractivity contribution in [2.75, 3.05) is 0 Å². The summed E-state index contributed by atoms with van der Waals surface area (Å²) in [6, 6.07) is 13.9. The normalized spacial score (nSPS) is 19.5. The first kappa shape index (κ1) is 19.7. The van der Waals surface area contributed by atoms with Crippen molar-refractivity contribution in [3.63, 3.8) is 0 Å². The molecule has 1 aliphatic carbocycles. The summed E-state index contributed by atoms with van der Waals surface area (Å²) in [5.41, 5.74) is -0.818. The lowest BCUT2D eigenvalue weighted by Gasteiger charge is -2.29. The van der Waals surface area contributed by atoms with E-state index in [9.17, 15) is 18.0 Å². The molecule has 2 aromatic carbocycles. The van der Waals surface area contributed by atoms with Gasteiger partial charge >= 0.3 is 6.18 Å². The Morgan fingerprint density at radius 3 is 2.36 bits per heavy atom. The second-order valence-corrected chi connectivity index (χ2v) is 6.75. The van der Waals surface area contributed by atoms with Gasteiger partial charge in [-0.1, -0.05) is 18.2 Å². The van der Waals surface area contributed by atoms with Crippen LogP contribution in [0.15, 0.2) is 48.5 Å². The molecule has 1 saturated carbocycles. The first-order valence-corrected chi connectivity index (χ1v) is 9.00. The molecule has 3 rings (SSSR count). The standard InChI is InChI=1S/C21H19F3N2O2/c22-21(23,24)19-12-18(9-6-15(19)13-25)28-17-10-7-16(8-11-17)26-20(27)14-4-2-1-3-5-14/h1-6,9,12,16-17H,7-8,10-11H2,(H,26,27). The molecular formula is C21H19F3N2O2. The van der Waals surface area contributed by atoms with Gasteiger partial charge in [-0.05, 0) is 56.0 Å². The maximum Gasteiger partial charge on any atom is 0.417 e. The molecule has 0 unspecified atom stereocenters. The number of carbonyl (C=O) groups excluding carboxylic acids is 1. The van der Waals surface area contributed by atoms with Gasteiger partial charge < -0.3 is 10.1 Å². The number of rotatable bonds is 4. The van der Waals surface area contributed by atoms with Crippen molar-refractivity contribution in [3.05, 3.63) is 65.2 Å². The number of nitrogens with zero attached hydrogens (tertiary/aromatic N) is 1. The minimum atomic E-state index is -4.61. The Morgan fingerprint density at radius 1 is 1.07 bits per heavy atom. The fourth-order valence-electron chi connectivity index (χ4n) is 3.30. The first-order valence-electron chi connectivity index (χ1n) is 9.00. The average molecular weight is 388 g/mol. The third kappa shape index (κ3) is 4.83. The van der Waals surface area contributed by atoms with E-state index >= 15 is 0 Å². The fraction of sp³-hybridized carbons (Fsp3) is 0.333. The van der Waals surface area contributed by atoms with Crippen molar-refractivity contribution in [1.82, 2.24) is 5.32 Å². The highest BCUT2D eigenvalue weighted by molar-refractivity contribution is 5.94. The molecule has 28 heavy (non-hydrogen) atoms. The molecule has 1 fully saturated rings. The number of hydrogen-bond donors (Lipinski definition) is 1. The van der Waals surface area contributed by atoms with Crippen LogP contribution < -0.4 is 10.1 Å². The number of amides is 1. The molecule has 4 nitrogen and oxygen atoms in total. The van der Waals surface area contributed by atoms with Gasteiger partial charge in [-0.15, -0.1) is 0 Å². The van der Waals surface area contributed by atoms with Crippen molar-refractivity contribution < 1.29 is 22.7 Å². The summed E-state index contributed by atoms with van der Waals surface area (Å²) in [4.78, 5) is 12.2. The van der Waals surface area contributed by atoms with Gasteiger partial charge in [0.15, 0.2) is 0 Å². The molecule has 146 valence electrons. The van der Waals surface area contributed by atoms with Crippen LogP contribution in [0.5, 0.6) is 5.75 Å². The fourth-order valence-corrected chi connectivity index (χ4v) is 3.30. The van der Waals surface area contributed by atoms with Crippen molar-refractivity contribution in [2.45, 2.75) is 44.0 Å². The van der Waals surface area contributed by atoms with Crippen LogP contribution in [-0.2, 0) is 6.18 Å². The summed E-state index contributed by atoms with van der Waals surface area (Å²) in [5, 5.41) is 11.8. The maximum atomic E-state index is 13.1. The quantitative estimate of drug-likeness (QED) is 0.826. The second-order valence-electron chi connectivity index (χ2n) is 6.75. The number of benzene rings is 2. The zero-order chi connectivity index (χ0) is 20.1. The number of alkyl halides is 3. The highest BCUT2D eigenvalue weighted by Crippen LogP contribution is 2.35. The van der Waals surface area contributed by atoms with Gasteiger partial charge in [0.2, 0.25) is 0 Å². The van der Waals surface area contributed by atoms with Crippen molar-refractivity contribution in [3.8, 4) is 11.8 Å². The Bertz CT molecular complexity index is 867. The minimum absolute atomic E-state index is 0.0132. The Morgan fingerprint density at radius 2 is 1.75 bits per heavy atom. The zero-order valence-corrected chi connectivity index (χ0v) is 15.0. The van der Waals surface area contributed by atoms with Gasteiger partial charge in [0.05, 0.1) is 23.3 Å². The molecule has 0 heterocycles. The smallest absolute Gasteiger partial charge is 0.417 e. The van der Waals surface area contributed by atoms with E-state index in [1.54, 1.807) is 30.3 Å². The van der Waals surface area contributed by atoms with E-state index in [0.29, 0.717) is 31.2 Å². The molecule has 0 aromatic heterocycles. The molecule has 1 aliphatic rings. The molecule has 0 atom stereocenters. The van der Waals surface area contributed by atoms with E-state index in [4.69, 9.17) is 10.00 Å². The molecule has 1 N–H and O–H groups in total. The predicted molar refractivity (Wildman–Crippen MR) is 96.7 cm³/mol. The maximum absolute atomic E-state index is 13.1. The largest absolute Gasteiger partial charge is 0.490 e. The van der Waals surface area contributed by atoms with Crippen LogP contribution in [0.1, 0.15) is 47.2 Å². The Kier molecular flexibility index (Phi) is 5.88. The second kappa shape index (κ2) is 8.34. The number of halogens is 3. The number of carbonyl (C=O) groups is 1. The van der Waals surface area contributed by atoms with Crippen LogP contribution >= 0.6 is 0 Å². The Hall–Kier alpha value is -3.01. The van der Waals surface area contributed by atoms with Gasteiger partial charge in [-0.3, -0.25) is 4.79 Å². The van der Waals surface area contributed by atoms with Gasteiger partial charge in [-0.2, -0.15) is 18.4 Å². The van der Waals surface area contributed by atoms with Gasteiger partial charge in [0.25, 0.3) is 5.91 Å². The average Bonchev–Trinajstić information content (AvgIpc) is 2.69. The van der Waals surface area contributed by atoms with Crippen molar-refractivity contribution in [1.29, 1.82) is 5.26 Å². The number of hydrogen-bond acceptors (Lipinski definition) is 3. The van der Waals surface area contributed by atoms with Crippen LogP contribution in [0.25, 0.3) is 0 Å². The minimum Gasteiger partial charge on any atom is -0.490 e. The van der Waals surface area contributed by atoms with Crippen LogP contribution in [0.2, 0.25) is 0 Å². The summed E-state index contributed by atoms with van der Waals surface area (Å²) in [6.45, 7) is 0. The predicted octanol–water partition coefficient (Wildman–Crippen LogP) is 4.70. The van der Waals surface area contributed by atoms with E-state index < -0.39 is 17.3 Å². The summed E-state index contributed by atoms with van der Waals surface area (Å²) in [5.74, 6) is -0.0324. The molecule has 0 saturated heterocycles. The van der Waals surface area contributed by atoms with Crippen molar-refractivity contribution >= 4 is 5.91 Å². The van der Waals surface area contributed by atoms with E-state index in [-0.39, 0.29) is 23.8 Å². The highest BCUT2D eigenvalue weighted by atomic mass is 19.4. The lowest BCUT2D eigenvalue weighted by atomic mass is 9.92. The summed E-state index contributed by atoms with van der Waals surface area (Å²) in [6.07, 6.45) is -2.21. The molecule has 0 radical (unpaired) electrons. The van der Waals surface area contributed by atoms with Crippen LogP contribution in [0.3, 0.4) is 0 Å². The SMILES string of the molecule is N#Cc1ccc(OC2CCC(NC(=O)c3ccccc3)CC2)cc1C(F)(F)F. The molecule has 7 heteroatoms. The summed E-state index contributed by atoms with van der Waals surface area (Å²) >= 11 is 0. The van der Waals surface area contributed by atoms with Crippen LogP contribution in [0, 0.1) is 11.3 Å². The molecule has 2 aromatic rings. The van der Waals surface area contributed by atoms with Crippen molar-refractivity contribution in [2.24, 2.45) is 0 Å².